The molecule has 1 unspecified atom stereocenters. The molecule has 2 aromatic rings. The van der Waals surface area contributed by atoms with Crippen molar-refractivity contribution in [1.82, 2.24) is 9.55 Å². The Labute approximate surface area is 113 Å². The van der Waals surface area contributed by atoms with Crippen LogP contribution in [-0.2, 0) is 13.0 Å². The van der Waals surface area contributed by atoms with Crippen molar-refractivity contribution in [2.24, 2.45) is 11.7 Å². The van der Waals surface area contributed by atoms with Crippen molar-refractivity contribution in [1.29, 1.82) is 5.41 Å². The third-order valence-electron chi connectivity index (χ3n) is 3.19. The van der Waals surface area contributed by atoms with E-state index in [9.17, 15) is 13.2 Å². The highest BCUT2D eigenvalue weighted by Gasteiger charge is 2.42. The lowest BCUT2D eigenvalue weighted by molar-refractivity contribution is -0.158. The number of para-hydroxylation sites is 2. The number of halogens is 3. The van der Waals surface area contributed by atoms with Gasteiger partial charge in [0.15, 0.2) is 0 Å². The minimum atomic E-state index is -4.54. The van der Waals surface area contributed by atoms with E-state index in [4.69, 9.17) is 11.1 Å². The molecule has 2 rings (SSSR count). The molecule has 108 valence electrons. The number of amidine groups is 1. The van der Waals surface area contributed by atoms with Crippen LogP contribution in [0.25, 0.3) is 11.0 Å². The Morgan fingerprint density at radius 1 is 1.40 bits per heavy atom. The third kappa shape index (κ3) is 2.61. The number of fused-ring (bicyclic) bond motifs is 1. The number of alkyl halides is 3. The van der Waals surface area contributed by atoms with Crippen molar-refractivity contribution in [3.05, 3.63) is 30.1 Å². The highest BCUT2D eigenvalue weighted by molar-refractivity contribution is 5.81. The van der Waals surface area contributed by atoms with E-state index in [0.29, 0.717) is 23.3 Å². The zero-order chi connectivity index (χ0) is 14.9. The summed E-state index contributed by atoms with van der Waals surface area (Å²) in [5.74, 6) is -2.32. The number of rotatable bonds is 4. The summed E-state index contributed by atoms with van der Waals surface area (Å²) in [5, 5.41) is 7.17. The summed E-state index contributed by atoms with van der Waals surface area (Å²) in [5.41, 5.74) is 6.38. The molecule has 0 radical (unpaired) electrons. The molecule has 1 heterocycles. The van der Waals surface area contributed by atoms with E-state index in [1.807, 2.05) is 6.92 Å². The van der Waals surface area contributed by atoms with Gasteiger partial charge in [0.25, 0.3) is 0 Å². The van der Waals surface area contributed by atoms with Crippen molar-refractivity contribution >= 4 is 16.9 Å². The van der Waals surface area contributed by atoms with Gasteiger partial charge in [0.2, 0.25) is 0 Å². The lowest BCUT2D eigenvalue weighted by Crippen LogP contribution is -2.38. The molecule has 0 fully saturated rings. The fourth-order valence-electron chi connectivity index (χ4n) is 2.16. The summed E-state index contributed by atoms with van der Waals surface area (Å²) in [6, 6.07) is 7.00. The third-order valence-corrected chi connectivity index (χ3v) is 3.19. The first-order valence-electron chi connectivity index (χ1n) is 6.19. The fraction of sp³-hybridized carbons (Fsp3) is 0.385. The quantitative estimate of drug-likeness (QED) is 0.669. The Bertz CT molecular complexity index is 630. The molecule has 0 bridgehead atoms. The van der Waals surface area contributed by atoms with Crippen LogP contribution in [-0.4, -0.2) is 21.6 Å². The first-order valence-corrected chi connectivity index (χ1v) is 6.19. The molecule has 0 saturated heterocycles. The second-order valence-electron chi connectivity index (χ2n) is 4.53. The Balaban J connectivity index is 2.49. The Morgan fingerprint density at radius 3 is 2.60 bits per heavy atom. The predicted molar refractivity (Wildman–Crippen MR) is 70.6 cm³/mol. The van der Waals surface area contributed by atoms with Crippen molar-refractivity contribution in [2.75, 3.05) is 0 Å². The van der Waals surface area contributed by atoms with Crippen LogP contribution in [0.2, 0.25) is 0 Å². The Morgan fingerprint density at radius 2 is 2.05 bits per heavy atom. The van der Waals surface area contributed by atoms with Gasteiger partial charge in [-0.3, -0.25) is 5.41 Å². The Kier molecular flexibility index (Phi) is 3.69. The van der Waals surface area contributed by atoms with Crippen LogP contribution in [0.1, 0.15) is 12.7 Å². The van der Waals surface area contributed by atoms with Gasteiger partial charge in [-0.25, -0.2) is 4.98 Å². The standard InChI is InChI=1S/C13H15F3N4/c1-2-11-19-9-5-3-4-6-10(9)20(11)7-8(12(17)18)13(14,15)16/h3-6,8H,2,7H2,1H3,(H3,17,18). The van der Waals surface area contributed by atoms with Gasteiger partial charge in [0.1, 0.15) is 17.6 Å². The van der Waals surface area contributed by atoms with Crippen molar-refractivity contribution < 1.29 is 13.2 Å². The average Bonchev–Trinajstić information content (AvgIpc) is 2.71. The maximum absolute atomic E-state index is 12.9. The van der Waals surface area contributed by atoms with E-state index < -0.39 is 24.5 Å². The van der Waals surface area contributed by atoms with E-state index in [-0.39, 0.29) is 0 Å². The van der Waals surface area contributed by atoms with Crippen LogP contribution in [0.5, 0.6) is 0 Å². The van der Waals surface area contributed by atoms with Crippen LogP contribution in [0.3, 0.4) is 0 Å². The van der Waals surface area contributed by atoms with Gasteiger partial charge in [-0.15, -0.1) is 0 Å². The number of nitrogens with two attached hydrogens (primary N) is 1. The second kappa shape index (κ2) is 5.15. The zero-order valence-electron chi connectivity index (χ0n) is 10.9. The number of aromatic nitrogens is 2. The van der Waals surface area contributed by atoms with Crippen LogP contribution in [0.4, 0.5) is 13.2 Å². The monoisotopic (exact) mass is 284 g/mol. The van der Waals surface area contributed by atoms with Crippen LogP contribution >= 0.6 is 0 Å². The number of imidazole rings is 1. The van der Waals surface area contributed by atoms with Crippen LogP contribution in [0, 0.1) is 11.3 Å². The van der Waals surface area contributed by atoms with Gasteiger partial charge in [0, 0.05) is 13.0 Å². The number of nitrogens with one attached hydrogen (secondary N) is 1. The van der Waals surface area contributed by atoms with E-state index in [2.05, 4.69) is 4.98 Å². The molecule has 0 amide bonds. The van der Waals surface area contributed by atoms with Crippen LogP contribution < -0.4 is 5.73 Å². The molecular formula is C13H15F3N4. The molecule has 4 nitrogen and oxygen atoms in total. The van der Waals surface area contributed by atoms with Crippen molar-refractivity contribution in [2.45, 2.75) is 26.1 Å². The van der Waals surface area contributed by atoms with E-state index in [1.165, 1.54) is 4.57 Å². The first kappa shape index (κ1) is 14.4. The normalized spacial score (nSPS) is 13.6. The SMILES string of the molecule is CCc1nc2ccccc2n1CC(C(=N)N)C(F)(F)F. The average molecular weight is 284 g/mol. The van der Waals surface area contributed by atoms with Crippen molar-refractivity contribution in [3.63, 3.8) is 0 Å². The summed E-state index contributed by atoms with van der Waals surface area (Å²) in [6.45, 7) is 1.41. The molecule has 1 aromatic heterocycles. The van der Waals surface area contributed by atoms with Crippen molar-refractivity contribution in [3.8, 4) is 0 Å². The van der Waals surface area contributed by atoms with Gasteiger partial charge in [0.05, 0.1) is 11.0 Å². The second-order valence-corrected chi connectivity index (χ2v) is 4.53. The molecule has 0 saturated carbocycles. The summed E-state index contributed by atoms with van der Waals surface area (Å²) < 4.78 is 40.3. The summed E-state index contributed by atoms with van der Waals surface area (Å²) in [7, 11) is 0. The summed E-state index contributed by atoms with van der Waals surface area (Å²) in [6.07, 6.45) is -4.03. The number of hydrogen-bond acceptors (Lipinski definition) is 2. The smallest absolute Gasteiger partial charge is 0.387 e. The maximum Gasteiger partial charge on any atom is 0.400 e. The highest BCUT2D eigenvalue weighted by Crippen LogP contribution is 2.29. The minimum Gasteiger partial charge on any atom is -0.387 e. The number of hydrogen-bond donors (Lipinski definition) is 2. The van der Waals surface area contributed by atoms with E-state index >= 15 is 0 Å². The molecule has 1 atom stereocenters. The lowest BCUT2D eigenvalue weighted by Gasteiger charge is -2.20. The van der Waals surface area contributed by atoms with Crippen LogP contribution in [0.15, 0.2) is 24.3 Å². The fourth-order valence-corrected chi connectivity index (χ4v) is 2.16. The predicted octanol–water partition coefficient (Wildman–Crippen LogP) is 2.71. The number of aryl methyl sites for hydroxylation is 1. The molecule has 0 aliphatic heterocycles. The molecular weight excluding hydrogens is 269 g/mol. The molecule has 20 heavy (non-hydrogen) atoms. The topological polar surface area (TPSA) is 67.7 Å². The number of nitrogens with zero attached hydrogens (tertiary/aromatic N) is 2. The van der Waals surface area contributed by atoms with Gasteiger partial charge in [-0.1, -0.05) is 19.1 Å². The van der Waals surface area contributed by atoms with Gasteiger partial charge < -0.3 is 10.3 Å². The van der Waals surface area contributed by atoms with Gasteiger partial charge in [-0.2, -0.15) is 13.2 Å². The number of benzene rings is 1. The largest absolute Gasteiger partial charge is 0.400 e. The lowest BCUT2D eigenvalue weighted by atomic mass is 10.1. The maximum atomic E-state index is 12.9. The minimum absolute atomic E-state index is 0.414. The van der Waals surface area contributed by atoms with E-state index in [0.717, 1.165) is 0 Å². The summed E-state index contributed by atoms with van der Waals surface area (Å²) in [4.78, 5) is 4.31. The zero-order valence-corrected chi connectivity index (χ0v) is 10.9. The first-order chi connectivity index (χ1) is 9.34. The molecule has 3 N–H and O–H groups in total. The molecule has 0 aliphatic rings. The highest BCUT2D eigenvalue weighted by atomic mass is 19.4. The van der Waals surface area contributed by atoms with Gasteiger partial charge >= 0.3 is 6.18 Å². The molecule has 0 spiro atoms. The molecule has 7 heteroatoms. The molecule has 1 aromatic carbocycles. The Hall–Kier alpha value is -2.05. The summed E-state index contributed by atoms with van der Waals surface area (Å²) >= 11 is 0. The van der Waals surface area contributed by atoms with E-state index in [1.54, 1.807) is 24.3 Å². The molecule has 0 aliphatic carbocycles. The van der Waals surface area contributed by atoms with Gasteiger partial charge in [-0.05, 0) is 12.1 Å².